The van der Waals surface area contributed by atoms with Gasteiger partial charge >= 0.3 is 0 Å². The standard InChI is InChI=1S/C11H10N4O2S/c12-5-8-6-13-11(14-7-8)18-10-4-2-1-3-9(10)15(16)17/h1-4,6-7H,5,12H2. The number of hydrogen-bond donors (Lipinski definition) is 1. The topological polar surface area (TPSA) is 94.9 Å². The van der Waals surface area contributed by atoms with Gasteiger partial charge in [0, 0.05) is 30.6 Å². The third-order valence-electron chi connectivity index (χ3n) is 2.18. The van der Waals surface area contributed by atoms with Crippen LogP contribution in [0.5, 0.6) is 0 Å². The molecule has 0 saturated carbocycles. The first-order chi connectivity index (χ1) is 8.70. The van der Waals surface area contributed by atoms with Crippen LogP contribution in [0.15, 0.2) is 46.7 Å². The second kappa shape index (κ2) is 5.56. The minimum atomic E-state index is -0.420. The van der Waals surface area contributed by atoms with Crippen molar-refractivity contribution in [3.05, 3.63) is 52.3 Å². The van der Waals surface area contributed by atoms with E-state index in [2.05, 4.69) is 9.97 Å². The summed E-state index contributed by atoms with van der Waals surface area (Å²) in [5.41, 5.74) is 6.31. The molecule has 0 amide bonds. The molecule has 2 rings (SSSR count). The van der Waals surface area contributed by atoms with E-state index in [-0.39, 0.29) is 5.69 Å². The second-order valence-corrected chi connectivity index (χ2v) is 4.41. The highest BCUT2D eigenvalue weighted by Gasteiger charge is 2.14. The van der Waals surface area contributed by atoms with Crippen LogP contribution in [0.3, 0.4) is 0 Å². The zero-order chi connectivity index (χ0) is 13.0. The summed E-state index contributed by atoms with van der Waals surface area (Å²) >= 11 is 1.16. The third-order valence-corrected chi connectivity index (χ3v) is 3.14. The molecule has 2 N–H and O–H groups in total. The Kier molecular flexibility index (Phi) is 3.85. The van der Waals surface area contributed by atoms with Gasteiger partial charge in [-0.2, -0.15) is 0 Å². The largest absolute Gasteiger partial charge is 0.326 e. The van der Waals surface area contributed by atoms with Gasteiger partial charge < -0.3 is 5.73 Å². The number of hydrogen-bond acceptors (Lipinski definition) is 6. The quantitative estimate of drug-likeness (QED) is 0.514. The normalized spacial score (nSPS) is 10.3. The summed E-state index contributed by atoms with van der Waals surface area (Å²) in [4.78, 5) is 19.1. The van der Waals surface area contributed by atoms with Gasteiger partial charge in [0.2, 0.25) is 0 Å². The minimum absolute atomic E-state index is 0.0500. The Morgan fingerprint density at radius 1 is 1.28 bits per heavy atom. The second-order valence-electron chi connectivity index (χ2n) is 3.40. The molecule has 1 heterocycles. The van der Waals surface area contributed by atoms with Crippen LogP contribution in [0.2, 0.25) is 0 Å². The van der Waals surface area contributed by atoms with Crippen molar-refractivity contribution < 1.29 is 4.92 Å². The highest BCUT2D eigenvalue weighted by atomic mass is 32.2. The van der Waals surface area contributed by atoms with Gasteiger partial charge in [-0.15, -0.1) is 0 Å². The maximum absolute atomic E-state index is 10.8. The van der Waals surface area contributed by atoms with Gasteiger partial charge in [-0.1, -0.05) is 12.1 Å². The fourth-order valence-corrected chi connectivity index (χ4v) is 2.09. The van der Waals surface area contributed by atoms with Crippen LogP contribution >= 0.6 is 11.8 Å². The number of nitrogens with zero attached hydrogens (tertiary/aromatic N) is 3. The summed E-state index contributed by atoms with van der Waals surface area (Å²) < 4.78 is 0. The molecule has 0 fully saturated rings. The van der Waals surface area contributed by atoms with Crippen LogP contribution < -0.4 is 5.73 Å². The van der Waals surface area contributed by atoms with Crippen LogP contribution in [0.25, 0.3) is 0 Å². The lowest BCUT2D eigenvalue weighted by molar-refractivity contribution is -0.387. The smallest absolute Gasteiger partial charge is 0.283 e. The summed E-state index contributed by atoms with van der Waals surface area (Å²) in [7, 11) is 0. The van der Waals surface area contributed by atoms with E-state index in [1.54, 1.807) is 30.6 Å². The van der Waals surface area contributed by atoms with Crippen LogP contribution in [-0.4, -0.2) is 14.9 Å². The molecule has 0 aliphatic carbocycles. The predicted molar refractivity (Wildman–Crippen MR) is 67.1 cm³/mol. The number of nitro benzene ring substituents is 1. The first kappa shape index (κ1) is 12.5. The van der Waals surface area contributed by atoms with Gasteiger partial charge in [0.05, 0.1) is 9.82 Å². The molecular weight excluding hydrogens is 252 g/mol. The van der Waals surface area contributed by atoms with E-state index in [9.17, 15) is 10.1 Å². The number of para-hydroxylation sites is 1. The summed E-state index contributed by atoms with van der Waals surface area (Å²) in [6.07, 6.45) is 3.23. The molecule has 0 spiro atoms. The molecule has 0 bridgehead atoms. The molecule has 0 unspecified atom stereocenters. The summed E-state index contributed by atoms with van der Waals surface area (Å²) in [5.74, 6) is 0. The Bertz CT molecular complexity index is 559. The van der Waals surface area contributed by atoms with Gasteiger partial charge in [0.1, 0.15) is 0 Å². The van der Waals surface area contributed by atoms with Gasteiger partial charge in [0.25, 0.3) is 5.69 Å². The van der Waals surface area contributed by atoms with E-state index in [0.717, 1.165) is 17.3 Å². The van der Waals surface area contributed by atoms with Gasteiger partial charge in [0.15, 0.2) is 5.16 Å². The lowest BCUT2D eigenvalue weighted by Gasteiger charge is -2.01. The van der Waals surface area contributed by atoms with E-state index in [1.165, 1.54) is 6.07 Å². The maximum Gasteiger partial charge on any atom is 0.283 e. The van der Waals surface area contributed by atoms with Crippen LogP contribution in [0.1, 0.15) is 5.56 Å². The van der Waals surface area contributed by atoms with Crippen molar-refractivity contribution in [2.75, 3.05) is 0 Å². The molecule has 7 heteroatoms. The number of rotatable bonds is 4. The molecule has 0 saturated heterocycles. The van der Waals surface area contributed by atoms with Crippen molar-refractivity contribution in [1.29, 1.82) is 0 Å². The molecule has 1 aromatic heterocycles. The molecule has 0 aliphatic heterocycles. The van der Waals surface area contributed by atoms with E-state index in [4.69, 9.17) is 5.73 Å². The molecular formula is C11H10N4O2S. The maximum atomic E-state index is 10.8. The molecule has 0 atom stereocenters. The fraction of sp³-hybridized carbons (Fsp3) is 0.0909. The zero-order valence-corrected chi connectivity index (χ0v) is 10.1. The van der Waals surface area contributed by atoms with Gasteiger partial charge in [-0.25, -0.2) is 9.97 Å². The van der Waals surface area contributed by atoms with Crippen molar-refractivity contribution >= 4 is 17.4 Å². The lowest BCUT2D eigenvalue weighted by Crippen LogP contribution is -1.98. The predicted octanol–water partition coefficient (Wildman–Crippen LogP) is 1.99. The minimum Gasteiger partial charge on any atom is -0.326 e. The molecule has 92 valence electrons. The summed E-state index contributed by atoms with van der Waals surface area (Å²) in [5, 5.41) is 11.3. The van der Waals surface area contributed by atoms with Crippen molar-refractivity contribution in [2.24, 2.45) is 5.73 Å². The number of benzene rings is 1. The van der Waals surface area contributed by atoms with Gasteiger partial charge in [-0.3, -0.25) is 10.1 Å². The van der Waals surface area contributed by atoms with Crippen molar-refractivity contribution in [2.45, 2.75) is 16.6 Å². The average molecular weight is 262 g/mol. The Morgan fingerprint density at radius 3 is 2.56 bits per heavy atom. The highest BCUT2D eigenvalue weighted by molar-refractivity contribution is 7.99. The molecule has 18 heavy (non-hydrogen) atoms. The van der Waals surface area contributed by atoms with E-state index >= 15 is 0 Å². The SMILES string of the molecule is NCc1cnc(Sc2ccccc2[N+](=O)[O-])nc1. The molecule has 6 nitrogen and oxygen atoms in total. The van der Waals surface area contributed by atoms with Crippen LogP contribution in [-0.2, 0) is 6.54 Å². The number of aromatic nitrogens is 2. The lowest BCUT2D eigenvalue weighted by atomic mass is 10.3. The molecule has 0 radical (unpaired) electrons. The molecule has 2 aromatic rings. The number of nitrogens with two attached hydrogens (primary N) is 1. The van der Waals surface area contributed by atoms with E-state index in [1.807, 2.05) is 0 Å². The summed E-state index contributed by atoms with van der Waals surface area (Å²) in [6.45, 7) is 0.371. The van der Waals surface area contributed by atoms with Crippen molar-refractivity contribution in [1.82, 2.24) is 9.97 Å². The first-order valence-electron chi connectivity index (χ1n) is 5.13. The Morgan fingerprint density at radius 2 is 1.94 bits per heavy atom. The summed E-state index contributed by atoms with van der Waals surface area (Å²) in [6, 6.07) is 6.49. The van der Waals surface area contributed by atoms with E-state index in [0.29, 0.717) is 16.6 Å². The van der Waals surface area contributed by atoms with Gasteiger partial charge in [-0.05, 0) is 17.8 Å². The average Bonchev–Trinajstić information content (AvgIpc) is 2.40. The monoisotopic (exact) mass is 262 g/mol. The van der Waals surface area contributed by atoms with E-state index < -0.39 is 4.92 Å². The third kappa shape index (κ3) is 2.82. The molecule has 0 aliphatic rings. The van der Waals surface area contributed by atoms with Crippen molar-refractivity contribution in [3.63, 3.8) is 0 Å². The molecule has 1 aromatic carbocycles. The van der Waals surface area contributed by atoms with Crippen LogP contribution in [0.4, 0.5) is 5.69 Å². The first-order valence-corrected chi connectivity index (χ1v) is 5.94. The Balaban J connectivity index is 2.25. The fourth-order valence-electron chi connectivity index (χ4n) is 1.29. The van der Waals surface area contributed by atoms with Crippen molar-refractivity contribution in [3.8, 4) is 0 Å². The Labute approximate surface area is 107 Å². The van der Waals surface area contributed by atoms with Crippen LogP contribution in [0, 0.1) is 10.1 Å². The Hall–Kier alpha value is -1.99. The highest BCUT2D eigenvalue weighted by Crippen LogP contribution is 2.32. The zero-order valence-electron chi connectivity index (χ0n) is 9.31. The number of nitro groups is 1.